The Bertz CT molecular complexity index is 513. The SMILES string of the molecule is CC(C)c1c[pH]c(C(=O)N(C(C)(C)C)C(C)(C)C)c1C(C)C. The van der Waals surface area contributed by atoms with Gasteiger partial charge in [0, 0.05) is 11.1 Å². The minimum absolute atomic E-state index is 0.185. The Balaban J connectivity index is 3.44. The summed E-state index contributed by atoms with van der Waals surface area (Å²) in [6.45, 7) is 21.6. The molecule has 1 aromatic rings. The van der Waals surface area contributed by atoms with E-state index in [0.29, 0.717) is 20.0 Å². The number of hydrogen-bond acceptors (Lipinski definition) is 1. The normalized spacial score (nSPS) is 13.5. The average Bonchev–Trinajstić information content (AvgIpc) is 2.68. The third-order valence-electron chi connectivity index (χ3n) is 3.91. The molecule has 0 saturated carbocycles. The van der Waals surface area contributed by atoms with Crippen molar-refractivity contribution in [2.24, 2.45) is 0 Å². The third-order valence-corrected chi connectivity index (χ3v) is 5.14. The lowest BCUT2D eigenvalue weighted by Crippen LogP contribution is -2.55. The highest BCUT2D eigenvalue weighted by atomic mass is 31.0. The van der Waals surface area contributed by atoms with Gasteiger partial charge in [-0.05, 0) is 70.3 Å². The van der Waals surface area contributed by atoms with E-state index < -0.39 is 0 Å². The van der Waals surface area contributed by atoms with Gasteiger partial charge in [-0.15, -0.1) is 8.19 Å². The summed E-state index contributed by atoms with van der Waals surface area (Å²) in [6.07, 6.45) is 0. The lowest BCUT2D eigenvalue weighted by molar-refractivity contribution is 0.0274. The molecule has 1 amide bonds. The molecule has 0 fully saturated rings. The fourth-order valence-electron chi connectivity index (χ4n) is 3.45. The molecular weight excluding hydrogens is 289 g/mol. The van der Waals surface area contributed by atoms with Crippen LogP contribution in [0.3, 0.4) is 0 Å². The predicted octanol–water partition coefficient (Wildman–Crippen LogP) is 6.00. The highest BCUT2D eigenvalue weighted by Crippen LogP contribution is 2.39. The Morgan fingerprint density at radius 1 is 0.955 bits per heavy atom. The summed E-state index contributed by atoms with van der Waals surface area (Å²) < 4.78 is 0. The van der Waals surface area contributed by atoms with Crippen molar-refractivity contribution in [3.63, 3.8) is 0 Å². The number of hydrogen-bond donors (Lipinski definition) is 0. The van der Waals surface area contributed by atoms with E-state index in [2.05, 4.69) is 79.9 Å². The first-order valence-corrected chi connectivity index (χ1v) is 9.42. The number of rotatable bonds is 3. The van der Waals surface area contributed by atoms with Crippen LogP contribution < -0.4 is 0 Å². The van der Waals surface area contributed by atoms with Gasteiger partial charge in [-0.2, -0.15) is 0 Å². The van der Waals surface area contributed by atoms with Crippen LogP contribution in [-0.4, -0.2) is 21.9 Å². The first-order valence-electron chi connectivity index (χ1n) is 8.34. The van der Waals surface area contributed by atoms with E-state index in [9.17, 15) is 4.79 Å². The van der Waals surface area contributed by atoms with Crippen molar-refractivity contribution in [1.29, 1.82) is 0 Å². The van der Waals surface area contributed by atoms with E-state index in [0.717, 1.165) is 5.30 Å². The second-order valence-corrected chi connectivity index (χ2v) is 9.90. The summed E-state index contributed by atoms with van der Waals surface area (Å²) in [6, 6.07) is 0. The standard InChI is InChI=1S/C19H34NOP/c1-12(2)14-11-22-16(15(14)13(3)4)17(21)20(18(5,6)7)19(8,9)10/h11-13,22H,1-10H3. The Morgan fingerprint density at radius 3 is 1.73 bits per heavy atom. The van der Waals surface area contributed by atoms with Crippen LogP contribution in [0.25, 0.3) is 0 Å². The van der Waals surface area contributed by atoms with Crippen molar-refractivity contribution in [3.05, 3.63) is 22.2 Å². The molecule has 0 N–H and O–H groups in total. The molecule has 2 nitrogen and oxygen atoms in total. The van der Waals surface area contributed by atoms with Gasteiger partial charge in [0.1, 0.15) is 0 Å². The Hall–Kier alpha value is -0.750. The molecule has 22 heavy (non-hydrogen) atoms. The number of nitrogens with zero attached hydrogens (tertiary/aromatic N) is 1. The van der Waals surface area contributed by atoms with Crippen LogP contribution in [0.15, 0.2) is 5.80 Å². The summed E-state index contributed by atoms with van der Waals surface area (Å²) in [5.74, 6) is 3.38. The van der Waals surface area contributed by atoms with Crippen LogP contribution >= 0.6 is 8.19 Å². The van der Waals surface area contributed by atoms with Crippen LogP contribution in [0.1, 0.15) is 102 Å². The zero-order valence-electron chi connectivity index (χ0n) is 16.1. The van der Waals surface area contributed by atoms with Crippen LogP contribution in [0, 0.1) is 0 Å². The van der Waals surface area contributed by atoms with Crippen molar-refractivity contribution >= 4 is 14.1 Å². The molecule has 1 aromatic heterocycles. The molecule has 1 unspecified atom stereocenters. The number of carbonyl (C=O) groups is 1. The van der Waals surface area contributed by atoms with Crippen molar-refractivity contribution in [2.75, 3.05) is 0 Å². The summed E-state index contributed by atoms with van der Waals surface area (Å²) in [5.41, 5.74) is 2.29. The maximum absolute atomic E-state index is 13.4. The largest absolute Gasteiger partial charge is 0.329 e. The number of carbonyl (C=O) groups excluding carboxylic acids is 1. The van der Waals surface area contributed by atoms with Gasteiger partial charge in [-0.1, -0.05) is 27.7 Å². The van der Waals surface area contributed by atoms with Gasteiger partial charge in [0.15, 0.2) is 0 Å². The molecule has 0 aliphatic rings. The molecule has 0 radical (unpaired) electrons. The smallest absolute Gasteiger partial charge is 0.258 e. The molecule has 1 rings (SSSR count). The first-order chi connectivity index (χ1) is 9.78. The first kappa shape index (κ1) is 19.3. The van der Waals surface area contributed by atoms with Gasteiger partial charge < -0.3 is 4.90 Å². The van der Waals surface area contributed by atoms with Gasteiger partial charge in [0.2, 0.25) is 0 Å². The van der Waals surface area contributed by atoms with Crippen LogP contribution in [0.4, 0.5) is 0 Å². The molecule has 126 valence electrons. The van der Waals surface area contributed by atoms with E-state index >= 15 is 0 Å². The van der Waals surface area contributed by atoms with Gasteiger partial charge in [0.05, 0.1) is 5.30 Å². The van der Waals surface area contributed by atoms with E-state index in [-0.39, 0.29) is 17.0 Å². The third kappa shape index (κ3) is 3.96. The van der Waals surface area contributed by atoms with Gasteiger partial charge >= 0.3 is 0 Å². The fourth-order valence-corrected chi connectivity index (χ4v) is 5.07. The van der Waals surface area contributed by atoms with Gasteiger partial charge in [0.25, 0.3) is 5.91 Å². The maximum atomic E-state index is 13.4. The second-order valence-electron chi connectivity index (χ2n) is 8.82. The molecule has 0 spiro atoms. The Morgan fingerprint density at radius 2 is 1.41 bits per heavy atom. The minimum Gasteiger partial charge on any atom is -0.329 e. The highest BCUT2D eigenvalue weighted by molar-refractivity contribution is 7.32. The van der Waals surface area contributed by atoms with Crippen LogP contribution in [-0.2, 0) is 0 Å². The van der Waals surface area contributed by atoms with E-state index in [1.54, 1.807) is 0 Å². The van der Waals surface area contributed by atoms with Crippen molar-refractivity contribution in [3.8, 4) is 0 Å². The molecule has 0 aliphatic carbocycles. The zero-order valence-corrected chi connectivity index (χ0v) is 17.1. The molecule has 0 aliphatic heterocycles. The van der Waals surface area contributed by atoms with Crippen molar-refractivity contribution in [2.45, 2.75) is 92.2 Å². The van der Waals surface area contributed by atoms with E-state index in [1.807, 2.05) is 0 Å². The highest BCUT2D eigenvalue weighted by Gasteiger charge is 2.37. The van der Waals surface area contributed by atoms with E-state index in [4.69, 9.17) is 0 Å². The maximum Gasteiger partial charge on any atom is 0.258 e. The monoisotopic (exact) mass is 323 g/mol. The quantitative estimate of drug-likeness (QED) is 0.667. The molecule has 0 aromatic carbocycles. The average molecular weight is 323 g/mol. The van der Waals surface area contributed by atoms with Crippen LogP contribution in [0.5, 0.6) is 0 Å². The topological polar surface area (TPSA) is 20.3 Å². The Kier molecular flexibility index (Phi) is 5.61. The summed E-state index contributed by atoms with van der Waals surface area (Å²) in [5, 5.41) is 1.03. The predicted molar refractivity (Wildman–Crippen MR) is 99.8 cm³/mol. The molecule has 0 saturated heterocycles. The summed E-state index contributed by atoms with van der Waals surface area (Å²) in [7, 11) is 0.504. The van der Waals surface area contributed by atoms with Crippen molar-refractivity contribution in [1.82, 2.24) is 4.90 Å². The minimum atomic E-state index is -0.185. The summed E-state index contributed by atoms with van der Waals surface area (Å²) >= 11 is 0. The lowest BCUT2D eigenvalue weighted by atomic mass is 9.90. The van der Waals surface area contributed by atoms with Crippen LogP contribution in [0.2, 0.25) is 0 Å². The Labute approximate surface area is 138 Å². The number of amides is 1. The lowest BCUT2D eigenvalue weighted by Gasteiger charge is -2.45. The van der Waals surface area contributed by atoms with Crippen molar-refractivity contribution < 1.29 is 4.79 Å². The fraction of sp³-hybridized carbons (Fsp3) is 0.737. The van der Waals surface area contributed by atoms with Gasteiger partial charge in [-0.3, -0.25) is 4.79 Å². The second kappa shape index (κ2) is 6.40. The zero-order chi connectivity index (χ0) is 17.5. The summed E-state index contributed by atoms with van der Waals surface area (Å²) in [4.78, 5) is 15.4. The molecule has 0 bridgehead atoms. The van der Waals surface area contributed by atoms with Gasteiger partial charge in [-0.25, -0.2) is 0 Å². The van der Waals surface area contributed by atoms with E-state index in [1.165, 1.54) is 11.1 Å². The molecule has 1 heterocycles. The molecular formula is C19H34NOP. The molecule has 3 heteroatoms. The molecule has 1 atom stereocenters.